The zero-order valence-electron chi connectivity index (χ0n) is 69.2. The number of aliphatic hydroxyl groups excluding tert-OH is 1. The fraction of sp³-hybridized carbons (Fsp3) is 0.953. The molecule has 0 fully saturated rings. The summed E-state index contributed by atoms with van der Waals surface area (Å²) in [6, 6.07) is 0. The van der Waals surface area contributed by atoms with Crippen molar-refractivity contribution in [2.24, 2.45) is 17.8 Å². The molecule has 0 amide bonds. The molecule has 5 atom stereocenters. The van der Waals surface area contributed by atoms with Crippen LogP contribution in [-0.4, -0.2) is 96.7 Å². The molecular formula is C86H168O17P2. The van der Waals surface area contributed by atoms with E-state index in [0.717, 1.165) is 120 Å². The molecular weight excluding hydrogens is 1370 g/mol. The fourth-order valence-corrected chi connectivity index (χ4v) is 14.9. The van der Waals surface area contributed by atoms with E-state index in [0.29, 0.717) is 25.7 Å². The van der Waals surface area contributed by atoms with E-state index in [1.54, 1.807) is 0 Å². The molecule has 0 aliphatic heterocycles. The molecule has 0 aromatic carbocycles. The summed E-state index contributed by atoms with van der Waals surface area (Å²) < 4.78 is 68.8. The second-order valence-electron chi connectivity index (χ2n) is 32.4. The minimum absolute atomic E-state index is 0.107. The summed E-state index contributed by atoms with van der Waals surface area (Å²) in [6.45, 7) is 12.0. The van der Waals surface area contributed by atoms with Gasteiger partial charge in [-0.15, -0.1) is 0 Å². The summed E-state index contributed by atoms with van der Waals surface area (Å²) in [5.41, 5.74) is 0. The van der Waals surface area contributed by atoms with E-state index in [9.17, 15) is 43.2 Å². The molecule has 0 radical (unpaired) electrons. The lowest BCUT2D eigenvalue weighted by Gasteiger charge is -2.21. The number of phosphoric acid groups is 2. The number of hydrogen-bond acceptors (Lipinski definition) is 15. The molecule has 624 valence electrons. The summed E-state index contributed by atoms with van der Waals surface area (Å²) in [7, 11) is -9.92. The number of aliphatic hydroxyl groups is 1. The lowest BCUT2D eigenvalue weighted by molar-refractivity contribution is -0.161. The summed E-state index contributed by atoms with van der Waals surface area (Å²) in [4.78, 5) is 73.0. The van der Waals surface area contributed by atoms with Crippen molar-refractivity contribution < 1.29 is 80.2 Å². The van der Waals surface area contributed by atoms with Gasteiger partial charge < -0.3 is 33.8 Å². The minimum atomic E-state index is -4.96. The third-order valence-electron chi connectivity index (χ3n) is 20.1. The Hall–Kier alpha value is -1.94. The Labute approximate surface area is 645 Å². The van der Waals surface area contributed by atoms with Crippen LogP contribution in [0.5, 0.6) is 0 Å². The fourth-order valence-electron chi connectivity index (χ4n) is 13.4. The number of carbonyl (C=O) groups is 4. The number of hydrogen-bond donors (Lipinski definition) is 3. The predicted molar refractivity (Wildman–Crippen MR) is 432 cm³/mol. The summed E-state index contributed by atoms with van der Waals surface area (Å²) in [6.07, 6.45) is 66.9. The molecule has 0 aromatic rings. The minimum Gasteiger partial charge on any atom is -0.462 e. The quantitative estimate of drug-likeness (QED) is 0.0222. The van der Waals surface area contributed by atoms with Crippen LogP contribution < -0.4 is 0 Å². The SMILES string of the molecule is CCCCCCCCCC(=O)OC[C@H](COP(=O)(O)OC[C@H](O)COP(=O)(O)OC[C@@H](COC(=O)CCCCCCCCCCCCCCCCCCCCC(C)C)OC(=O)CCCCCCCCCCCCCCCCCCCCC(C)C)OC(=O)CCCCCCCCCCCCCCCC(C)C. The van der Waals surface area contributed by atoms with E-state index in [-0.39, 0.29) is 25.7 Å². The van der Waals surface area contributed by atoms with Gasteiger partial charge in [0.2, 0.25) is 0 Å². The summed E-state index contributed by atoms with van der Waals surface area (Å²) in [5.74, 6) is 0.321. The first-order valence-electron chi connectivity index (χ1n) is 44.3. The van der Waals surface area contributed by atoms with Crippen molar-refractivity contribution in [2.45, 2.75) is 471 Å². The first kappa shape index (κ1) is 103. The molecule has 3 N–H and O–H groups in total. The highest BCUT2D eigenvalue weighted by atomic mass is 31.2. The number of esters is 4. The van der Waals surface area contributed by atoms with Gasteiger partial charge in [-0.1, -0.05) is 402 Å². The number of ether oxygens (including phenoxy) is 4. The lowest BCUT2D eigenvalue weighted by Crippen LogP contribution is -2.30. The van der Waals surface area contributed by atoms with Gasteiger partial charge in [-0.3, -0.25) is 37.3 Å². The maximum Gasteiger partial charge on any atom is 0.472 e. The Kier molecular flexibility index (Phi) is 74.7. The van der Waals surface area contributed by atoms with Gasteiger partial charge in [0.15, 0.2) is 12.2 Å². The number of unbranched alkanes of at least 4 members (excludes halogenated alkanes) is 52. The van der Waals surface area contributed by atoms with Crippen molar-refractivity contribution in [3.05, 3.63) is 0 Å². The third kappa shape index (κ3) is 79.9. The topological polar surface area (TPSA) is 237 Å². The Bertz CT molecular complexity index is 2030. The molecule has 0 spiro atoms. The Morgan fingerprint density at radius 2 is 0.438 bits per heavy atom. The number of carbonyl (C=O) groups excluding carboxylic acids is 4. The van der Waals surface area contributed by atoms with Gasteiger partial charge in [0, 0.05) is 25.7 Å². The van der Waals surface area contributed by atoms with E-state index in [2.05, 4.69) is 48.5 Å². The normalized spacial score (nSPS) is 13.9. The van der Waals surface area contributed by atoms with Gasteiger partial charge in [-0.2, -0.15) is 0 Å². The standard InChI is InChI=1S/C86H168O17P2/c1-8-9-10-11-43-53-60-67-83(88)96-73-81(102-85(90)70-63-56-49-42-36-30-24-27-33-39-46-52-59-66-79(6)7)75-100-104(92,93)98-71-80(87)72-99-105(94,95)101-76-82(103-86(91)69-62-55-48-41-35-29-23-19-15-13-17-21-26-32-38-45-51-58-65-78(4)5)74-97-84(89)68-61-54-47-40-34-28-22-18-14-12-16-20-25-31-37-44-50-57-64-77(2)3/h77-82,87H,8-76H2,1-7H3,(H,92,93)(H,94,95)/t80-,81+,82+/m0/s1. The molecule has 0 aliphatic rings. The zero-order valence-corrected chi connectivity index (χ0v) is 71.0. The van der Waals surface area contributed by atoms with Crippen LogP contribution in [-0.2, 0) is 65.4 Å². The average Bonchev–Trinajstić information content (AvgIpc) is 0.924. The van der Waals surface area contributed by atoms with E-state index in [1.165, 1.54) is 250 Å². The van der Waals surface area contributed by atoms with Crippen LogP contribution in [0.15, 0.2) is 0 Å². The van der Waals surface area contributed by atoms with Crippen LogP contribution in [0.4, 0.5) is 0 Å². The highest BCUT2D eigenvalue weighted by molar-refractivity contribution is 7.47. The Morgan fingerprint density at radius 1 is 0.257 bits per heavy atom. The van der Waals surface area contributed by atoms with Crippen LogP contribution in [0.1, 0.15) is 453 Å². The molecule has 105 heavy (non-hydrogen) atoms. The van der Waals surface area contributed by atoms with Gasteiger partial charge in [-0.25, -0.2) is 9.13 Å². The predicted octanol–water partition coefficient (Wildman–Crippen LogP) is 26.1. The maximum atomic E-state index is 13.1. The molecule has 2 unspecified atom stereocenters. The van der Waals surface area contributed by atoms with Crippen LogP contribution in [0.3, 0.4) is 0 Å². The van der Waals surface area contributed by atoms with Crippen molar-refractivity contribution >= 4 is 39.5 Å². The lowest BCUT2D eigenvalue weighted by atomic mass is 10.0. The summed E-state index contributed by atoms with van der Waals surface area (Å²) >= 11 is 0. The third-order valence-corrected chi connectivity index (χ3v) is 22.0. The Morgan fingerprint density at radius 3 is 0.648 bits per heavy atom. The van der Waals surface area contributed by atoms with Gasteiger partial charge in [-0.05, 0) is 43.4 Å². The van der Waals surface area contributed by atoms with Gasteiger partial charge in [0.25, 0.3) is 0 Å². The number of rotatable bonds is 84. The molecule has 0 heterocycles. The second kappa shape index (κ2) is 76.1. The molecule has 0 rings (SSSR count). The van der Waals surface area contributed by atoms with E-state index >= 15 is 0 Å². The van der Waals surface area contributed by atoms with E-state index in [1.807, 2.05) is 0 Å². The monoisotopic (exact) mass is 1540 g/mol. The van der Waals surface area contributed by atoms with Gasteiger partial charge in [0.05, 0.1) is 26.4 Å². The second-order valence-corrected chi connectivity index (χ2v) is 35.3. The van der Waals surface area contributed by atoms with E-state index in [4.69, 9.17) is 37.0 Å². The molecule has 0 bridgehead atoms. The smallest absolute Gasteiger partial charge is 0.462 e. The molecule has 0 aliphatic carbocycles. The highest BCUT2D eigenvalue weighted by Gasteiger charge is 2.30. The van der Waals surface area contributed by atoms with E-state index < -0.39 is 97.5 Å². The van der Waals surface area contributed by atoms with Crippen molar-refractivity contribution in [2.75, 3.05) is 39.6 Å². The maximum absolute atomic E-state index is 13.1. The van der Waals surface area contributed by atoms with Crippen LogP contribution in [0.2, 0.25) is 0 Å². The molecule has 17 nitrogen and oxygen atoms in total. The Balaban J connectivity index is 5.16. The van der Waals surface area contributed by atoms with Crippen molar-refractivity contribution in [3.8, 4) is 0 Å². The average molecular weight is 1540 g/mol. The molecule has 0 saturated heterocycles. The zero-order chi connectivity index (χ0) is 77.2. The van der Waals surface area contributed by atoms with Crippen molar-refractivity contribution in [1.29, 1.82) is 0 Å². The molecule has 0 aromatic heterocycles. The van der Waals surface area contributed by atoms with Gasteiger partial charge >= 0.3 is 39.5 Å². The molecule has 19 heteroatoms. The van der Waals surface area contributed by atoms with Crippen molar-refractivity contribution in [1.82, 2.24) is 0 Å². The number of phosphoric ester groups is 2. The van der Waals surface area contributed by atoms with Crippen LogP contribution >= 0.6 is 15.6 Å². The van der Waals surface area contributed by atoms with Crippen LogP contribution in [0, 0.1) is 17.8 Å². The molecule has 0 saturated carbocycles. The van der Waals surface area contributed by atoms with Crippen LogP contribution in [0.25, 0.3) is 0 Å². The summed E-state index contributed by atoms with van der Waals surface area (Å²) in [5, 5.41) is 10.7. The first-order valence-corrected chi connectivity index (χ1v) is 47.3. The largest absolute Gasteiger partial charge is 0.472 e. The highest BCUT2D eigenvalue weighted by Crippen LogP contribution is 2.45. The van der Waals surface area contributed by atoms with Gasteiger partial charge in [0.1, 0.15) is 19.3 Å². The first-order chi connectivity index (χ1) is 50.7. The van der Waals surface area contributed by atoms with Crippen molar-refractivity contribution in [3.63, 3.8) is 0 Å².